The molecule has 1 aromatic heterocycles. The van der Waals surface area contributed by atoms with Gasteiger partial charge in [0.25, 0.3) is 5.91 Å². The molecule has 1 amide bonds. The molecule has 3 N–H and O–H groups in total. The quantitative estimate of drug-likeness (QED) is 0.774. The van der Waals surface area contributed by atoms with Crippen molar-refractivity contribution in [2.75, 3.05) is 0 Å². The van der Waals surface area contributed by atoms with Gasteiger partial charge in [0.05, 0.1) is 11.7 Å². The highest BCUT2D eigenvalue weighted by molar-refractivity contribution is 7.10. The first-order chi connectivity index (χ1) is 9.00. The summed E-state index contributed by atoms with van der Waals surface area (Å²) >= 11 is 1.55. The number of carbonyl (C=O) groups is 2. The van der Waals surface area contributed by atoms with Gasteiger partial charge in [0.2, 0.25) is 0 Å². The van der Waals surface area contributed by atoms with Crippen LogP contribution in [-0.2, 0) is 17.6 Å². The lowest BCUT2D eigenvalue weighted by Gasteiger charge is -2.18. The monoisotopic (exact) mass is 283 g/mol. The number of thiophene rings is 1. The summed E-state index contributed by atoms with van der Waals surface area (Å²) in [7, 11) is 0. The first-order valence-electron chi connectivity index (χ1n) is 6.31. The van der Waals surface area contributed by atoms with E-state index in [-0.39, 0.29) is 0 Å². The predicted molar refractivity (Wildman–Crippen MR) is 71.5 cm³/mol. The van der Waals surface area contributed by atoms with Crippen LogP contribution in [0.15, 0.2) is 5.38 Å². The smallest absolute Gasteiger partial charge is 0.328 e. The lowest BCUT2D eigenvalue weighted by atomic mass is 9.95. The Morgan fingerprint density at radius 3 is 2.68 bits per heavy atom. The van der Waals surface area contributed by atoms with Crippen LogP contribution < -0.4 is 5.32 Å². The molecule has 6 heteroatoms. The molecule has 0 spiro atoms. The molecule has 1 aromatic rings. The molecule has 1 aliphatic carbocycles. The topological polar surface area (TPSA) is 86.6 Å². The number of rotatable bonds is 4. The average Bonchev–Trinajstić information content (AvgIpc) is 2.78. The number of carbonyl (C=O) groups excluding carboxylic acids is 1. The molecule has 1 heterocycles. The number of amides is 1. The zero-order valence-corrected chi connectivity index (χ0v) is 11.5. The van der Waals surface area contributed by atoms with E-state index in [1.54, 1.807) is 16.7 Å². The van der Waals surface area contributed by atoms with Crippen LogP contribution in [0.3, 0.4) is 0 Å². The van der Waals surface area contributed by atoms with Crippen molar-refractivity contribution in [3.05, 3.63) is 21.4 Å². The van der Waals surface area contributed by atoms with E-state index in [2.05, 4.69) is 5.32 Å². The largest absolute Gasteiger partial charge is 0.480 e. The molecular weight excluding hydrogens is 266 g/mol. The fourth-order valence-electron chi connectivity index (χ4n) is 2.29. The Balaban J connectivity index is 2.16. The van der Waals surface area contributed by atoms with Crippen LogP contribution in [0.5, 0.6) is 0 Å². The van der Waals surface area contributed by atoms with Crippen molar-refractivity contribution >= 4 is 23.2 Å². The van der Waals surface area contributed by atoms with Gasteiger partial charge < -0.3 is 15.5 Å². The average molecular weight is 283 g/mol. The molecular formula is C13H17NO4S. The number of aryl methyl sites for hydroxylation is 1. The van der Waals surface area contributed by atoms with Crippen LogP contribution >= 0.6 is 11.3 Å². The van der Waals surface area contributed by atoms with Crippen molar-refractivity contribution in [2.24, 2.45) is 0 Å². The lowest BCUT2D eigenvalue weighted by Crippen LogP contribution is -2.47. The summed E-state index contributed by atoms with van der Waals surface area (Å²) in [4.78, 5) is 24.3. The van der Waals surface area contributed by atoms with Crippen molar-refractivity contribution in [3.63, 3.8) is 0 Å². The van der Waals surface area contributed by atoms with Gasteiger partial charge in [0, 0.05) is 10.3 Å². The van der Waals surface area contributed by atoms with Crippen LogP contribution in [0, 0.1) is 0 Å². The molecule has 104 valence electrons. The number of hydrogen-bond donors (Lipinski definition) is 3. The van der Waals surface area contributed by atoms with Crippen LogP contribution in [0.1, 0.15) is 40.6 Å². The van der Waals surface area contributed by atoms with Crippen molar-refractivity contribution in [3.8, 4) is 0 Å². The molecule has 0 radical (unpaired) electrons. The van der Waals surface area contributed by atoms with Crippen molar-refractivity contribution in [1.29, 1.82) is 0 Å². The highest BCUT2D eigenvalue weighted by Crippen LogP contribution is 2.30. The van der Waals surface area contributed by atoms with Gasteiger partial charge in [0.15, 0.2) is 6.04 Å². The van der Waals surface area contributed by atoms with Gasteiger partial charge in [-0.25, -0.2) is 4.79 Å². The molecule has 2 rings (SSSR count). The first-order valence-corrected chi connectivity index (χ1v) is 7.19. The second kappa shape index (κ2) is 5.71. The fourth-order valence-corrected chi connectivity index (χ4v) is 3.42. The number of nitrogens with one attached hydrogen (secondary N) is 1. The minimum absolute atomic E-state index is 0.410. The zero-order chi connectivity index (χ0) is 14.0. The Bertz CT molecular complexity index is 495. The van der Waals surface area contributed by atoms with Crippen LogP contribution in [0.25, 0.3) is 0 Å². The van der Waals surface area contributed by atoms with Crippen LogP contribution in [0.2, 0.25) is 0 Å². The van der Waals surface area contributed by atoms with Gasteiger partial charge >= 0.3 is 5.97 Å². The molecule has 0 aromatic carbocycles. The van der Waals surface area contributed by atoms with E-state index in [0.29, 0.717) is 5.56 Å². The molecule has 0 aliphatic heterocycles. The fraction of sp³-hybridized carbons (Fsp3) is 0.538. The van der Waals surface area contributed by atoms with Crippen molar-refractivity contribution in [2.45, 2.75) is 44.8 Å². The van der Waals surface area contributed by atoms with E-state index in [1.807, 2.05) is 0 Å². The van der Waals surface area contributed by atoms with E-state index >= 15 is 0 Å². The van der Waals surface area contributed by atoms with E-state index in [0.717, 1.165) is 31.2 Å². The first kappa shape index (κ1) is 14.0. The summed E-state index contributed by atoms with van der Waals surface area (Å²) in [6.45, 7) is 1.35. The Kier molecular flexibility index (Phi) is 4.21. The molecule has 5 nitrogen and oxygen atoms in total. The summed E-state index contributed by atoms with van der Waals surface area (Å²) in [6.07, 6.45) is 2.93. The molecule has 19 heavy (non-hydrogen) atoms. The third-order valence-corrected chi connectivity index (χ3v) is 4.43. The molecule has 0 bridgehead atoms. The van der Waals surface area contributed by atoms with E-state index in [9.17, 15) is 14.7 Å². The standard InChI is InChI=1S/C13H17NO4S/c1-7(15)11(13(17)18)14-12(16)9-6-19-10-5-3-2-4-8(9)10/h6-7,11,15H,2-5H2,1H3,(H,14,16)(H,17,18)/t7-,11+/m1/s1. The third kappa shape index (κ3) is 2.96. The maximum Gasteiger partial charge on any atom is 0.328 e. The molecule has 0 saturated heterocycles. The molecule has 1 aliphatic rings. The SMILES string of the molecule is C[C@@H](O)[C@H](NC(=O)c1csc2c1CCCC2)C(=O)O. The number of fused-ring (bicyclic) bond motifs is 1. The molecule has 0 fully saturated rings. The second-order valence-electron chi connectivity index (χ2n) is 4.79. The Hall–Kier alpha value is -1.40. The Morgan fingerprint density at radius 2 is 2.05 bits per heavy atom. The lowest BCUT2D eigenvalue weighted by molar-refractivity contribution is -0.141. The second-order valence-corrected chi connectivity index (χ2v) is 5.75. The van der Waals surface area contributed by atoms with Crippen LogP contribution in [0.4, 0.5) is 0 Å². The number of aliphatic hydroxyl groups is 1. The van der Waals surface area contributed by atoms with E-state index in [4.69, 9.17) is 5.11 Å². The third-order valence-electron chi connectivity index (χ3n) is 3.34. The molecule has 2 atom stereocenters. The van der Waals surface area contributed by atoms with Crippen molar-refractivity contribution < 1.29 is 19.8 Å². The van der Waals surface area contributed by atoms with Gasteiger partial charge in [-0.05, 0) is 38.2 Å². The van der Waals surface area contributed by atoms with Crippen molar-refractivity contribution in [1.82, 2.24) is 5.32 Å². The predicted octanol–water partition coefficient (Wildman–Crippen LogP) is 1.19. The maximum absolute atomic E-state index is 12.1. The Morgan fingerprint density at radius 1 is 1.37 bits per heavy atom. The summed E-state index contributed by atoms with van der Waals surface area (Å²) in [5.74, 6) is -1.64. The number of aliphatic hydroxyl groups excluding tert-OH is 1. The summed E-state index contributed by atoms with van der Waals surface area (Å²) in [5.41, 5.74) is 1.61. The van der Waals surface area contributed by atoms with E-state index < -0.39 is 24.0 Å². The van der Waals surface area contributed by atoms with Gasteiger partial charge in [-0.15, -0.1) is 11.3 Å². The minimum atomic E-state index is -1.27. The summed E-state index contributed by atoms with van der Waals surface area (Å²) in [6, 6.07) is -1.27. The van der Waals surface area contributed by atoms with Gasteiger partial charge in [-0.1, -0.05) is 0 Å². The number of aliphatic carboxylic acids is 1. The minimum Gasteiger partial charge on any atom is -0.480 e. The summed E-state index contributed by atoms with van der Waals surface area (Å²) in [5, 5.41) is 22.5. The van der Waals surface area contributed by atoms with Crippen LogP contribution in [-0.4, -0.2) is 34.2 Å². The van der Waals surface area contributed by atoms with Gasteiger partial charge in [-0.2, -0.15) is 0 Å². The summed E-state index contributed by atoms with van der Waals surface area (Å²) < 4.78 is 0. The highest BCUT2D eigenvalue weighted by Gasteiger charge is 2.27. The van der Waals surface area contributed by atoms with Gasteiger partial charge in [-0.3, -0.25) is 4.79 Å². The molecule has 0 saturated carbocycles. The zero-order valence-electron chi connectivity index (χ0n) is 10.7. The normalized spacial score (nSPS) is 17.4. The Labute approximate surface area is 115 Å². The number of carboxylic acid groups (broad SMARTS) is 1. The molecule has 0 unspecified atom stereocenters. The highest BCUT2D eigenvalue weighted by atomic mass is 32.1. The van der Waals surface area contributed by atoms with Gasteiger partial charge in [0.1, 0.15) is 0 Å². The number of carboxylic acids is 1. The number of hydrogen-bond acceptors (Lipinski definition) is 4. The maximum atomic E-state index is 12.1. The van der Waals surface area contributed by atoms with E-state index in [1.165, 1.54) is 11.8 Å².